The third-order valence-electron chi connectivity index (χ3n) is 4.61. The van der Waals surface area contributed by atoms with Gasteiger partial charge in [0.15, 0.2) is 0 Å². The van der Waals surface area contributed by atoms with Crippen molar-refractivity contribution in [2.75, 3.05) is 0 Å². The monoisotopic (exact) mass is 431 g/mol. The molecule has 0 aliphatic rings. The molecule has 6 nitrogen and oxygen atoms in total. The number of nitrogens with one attached hydrogen (secondary N) is 1. The topological polar surface area (TPSA) is 81.2 Å². The maximum atomic E-state index is 12.7. The Morgan fingerprint density at radius 1 is 0.903 bits per heavy atom. The van der Waals surface area contributed by atoms with Crippen LogP contribution >= 0.6 is 0 Å². The van der Waals surface area contributed by atoms with E-state index in [4.69, 9.17) is 4.74 Å². The van der Waals surface area contributed by atoms with Gasteiger partial charge in [-0.1, -0.05) is 12.1 Å². The molecule has 0 aliphatic heterocycles. The van der Waals surface area contributed by atoms with Crippen molar-refractivity contribution in [1.29, 1.82) is 0 Å². The number of aromatic nitrogens is 2. The van der Waals surface area contributed by atoms with E-state index in [-0.39, 0.29) is 11.4 Å². The van der Waals surface area contributed by atoms with Crippen LogP contribution in [0.4, 0.5) is 0 Å². The Labute approximate surface area is 181 Å². The molecule has 4 aromatic rings. The summed E-state index contributed by atoms with van der Waals surface area (Å²) in [5, 5.41) is 0. The van der Waals surface area contributed by atoms with Crippen LogP contribution in [0.1, 0.15) is 11.1 Å². The van der Waals surface area contributed by atoms with Crippen LogP contribution in [0.2, 0.25) is 0 Å². The summed E-state index contributed by atoms with van der Waals surface area (Å²) < 4.78 is 33.8. The van der Waals surface area contributed by atoms with Crippen LogP contribution in [0.15, 0.2) is 96.3 Å². The molecule has 0 fully saturated rings. The minimum Gasteiger partial charge on any atom is -0.457 e. The highest BCUT2D eigenvalue weighted by atomic mass is 32.2. The number of sulfonamides is 1. The van der Waals surface area contributed by atoms with Gasteiger partial charge in [0.25, 0.3) is 0 Å². The molecule has 0 amide bonds. The van der Waals surface area contributed by atoms with Crippen molar-refractivity contribution in [3.63, 3.8) is 0 Å². The largest absolute Gasteiger partial charge is 0.457 e. The molecular weight excluding hydrogens is 410 g/mol. The molecule has 1 N–H and O–H groups in total. The molecule has 7 heteroatoms. The Bertz CT molecular complexity index is 1270. The fourth-order valence-electron chi connectivity index (χ4n) is 3.02. The van der Waals surface area contributed by atoms with Crippen molar-refractivity contribution in [3.05, 3.63) is 103 Å². The average molecular weight is 432 g/mol. The quantitative estimate of drug-likeness (QED) is 0.458. The average Bonchev–Trinajstić information content (AvgIpc) is 2.79. The van der Waals surface area contributed by atoms with Gasteiger partial charge in [-0.2, -0.15) is 0 Å². The van der Waals surface area contributed by atoms with Crippen molar-refractivity contribution in [1.82, 2.24) is 14.7 Å². The molecule has 2 aromatic heterocycles. The second-order valence-corrected chi connectivity index (χ2v) is 8.77. The molecule has 0 unspecified atom stereocenters. The van der Waals surface area contributed by atoms with Crippen molar-refractivity contribution in [3.8, 4) is 22.8 Å². The lowest BCUT2D eigenvalue weighted by Gasteiger charge is -2.10. The molecule has 0 saturated carbocycles. The van der Waals surface area contributed by atoms with Gasteiger partial charge in [-0.3, -0.25) is 9.97 Å². The number of rotatable bonds is 7. The van der Waals surface area contributed by atoms with E-state index in [1.807, 2.05) is 49.4 Å². The van der Waals surface area contributed by atoms with Crippen molar-refractivity contribution < 1.29 is 13.2 Å². The molecule has 0 aliphatic carbocycles. The van der Waals surface area contributed by atoms with E-state index in [0.717, 1.165) is 22.4 Å². The Balaban J connectivity index is 1.43. The summed E-state index contributed by atoms with van der Waals surface area (Å²) in [6, 6.07) is 21.4. The Morgan fingerprint density at radius 2 is 1.74 bits per heavy atom. The fourth-order valence-corrected chi connectivity index (χ4v) is 4.04. The molecular formula is C24H21N3O3S. The van der Waals surface area contributed by atoms with Gasteiger partial charge in [0.2, 0.25) is 10.0 Å². The van der Waals surface area contributed by atoms with Gasteiger partial charge < -0.3 is 4.74 Å². The highest BCUT2D eigenvalue weighted by molar-refractivity contribution is 7.89. The van der Waals surface area contributed by atoms with Crippen LogP contribution in [0.3, 0.4) is 0 Å². The van der Waals surface area contributed by atoms with E-state index < -0.39 is 10.0 Å². The van der Waals surface area contributed by atoms with Gasteiger partial charge in [-0.05, 0) is 78.7 Å². The normalized spacial score (nSPS) is 11.3. The Kier molecular flexibility index (Phi) is 6.06. The third kappa shape index (κ3) is 5.33. The van der Waals surface area contributed by atoms with Gasteiger partial charge in [0.1, 0.15) is 11.5 Å². The number of hydrogen-bond donors (Lipinski definition) is 1. The highest BCUT2D eigenvalue weighted by Crippen LogP contribution is 2.24. The Hall–Kier alpha value is -3.55. The van der Waals surface area contributed by atoms with Crippen molar-refractivity contribution >= 4 is 10.0 Å². The van der Waals surface area contributed by atoms with E-state index >= 15 is 0 Å². The molecule has 2 heterocycles. The van der Waals surface area contributed by atoms with Gasteiger partial charge in [0, 0.05) is 30.7 Å². The molecule has 2 aromatic carbocycles. The van der Waals surface area contributed by atoms with Crippen LogP contribution in [-0.2, 0) is 16.6 Å². The van der Waals surface area contributed by atoms with Crippen molar-refractivity contribution in [2.24, 2.45) is 0 Å². The molecule has 0 atom stereocenters. The zero-order valence-corrected chi connectivity index (χ0v) is 17.7. The third-order valence-corrected chi connectivity index (χ3v) is 6.02. The zero-order valence-electron chi connectivity index (χ0n) is 16.9. The number of pyridine rings is 2. The summed E-state index contributed by atoms with van der Waals surface area (Å²) in [4.78, 5) is 8.59. The predicted octanol–water partition coefficient (Wildman–Crippen LogP) is 4.72. The van der Waals surface area contributed by atoms with E-state index in [1.54, 1.807) is 36.8 Å². The molecule has 4 rings (SSSR count). The van der Waals surface area contributed by atoms with E-state index in [2.05, 4.69) is 14.7 Å². The van der Waals surface area contributed by atoms with Crippen LogP contribution in [0.25, 0.3) is 11.3 Å². The van der Waals surface area contributed by atoms with Crippen LogP contribution < -0.4 is 9.46 Å². The minimum absolute atomic E-state index is 0.152. The lowest BCUT2D eigenvalue weighted by atomic mass is 10.1. The van der Waals surface area contributed by atoms with E-state index in [1.165, 1.54) is 12.1 Å². The summed E-state index contributed by atoms with van der Waals surface area (Å²) in [7, 11) is -3.67. The Morgan fingerprint density at radius 3 is 2.48 bits per heavy atom. The summed E-state index contributed by atoms with van der Waals surface area (Å²) in [6.07, 6.45) is 5.07. The molecule has 0 radical (unpaired) electrons. The van der Waals surface area contributed by atoms with Gasteiger partial charge >= 0.3 is 0 Å². The first-order valence-electron chi connectivity index (χ1n) is 9.69. The second kappa shape index (κ2) is 9.07. The second-order valence-electron chi connectivity index (χ2n) is 7.01. The van der Waals surface area contributed by atoms with Crippen LogP contribution in [0, 0.1) is 6.92 Å². The maximum Gasteiger partial charge on any atom is 0.240 e. The zero-order chi connectivity index (χ0) is 21.7. The van der Waals surface area contributed by atoms with E-state index in [9.17, 15) is 8.42 Å². The summed E-state index contributed by atoms with van der Waals surface area (Å²) in [6.45, 7) is 2.14. The van der Waals surface area contributed by atoms with E-state index in [0.29, 0.717) is 11.5 Å². The SMILES string of the molecule is Cc1cccc(Oc2ccc(S(=O)(=O)NCc3ccnc(-c4cccnc4)c3)cc2)c1. The molecule has 0 spiro atoms. The smallest absolute Gasteiger partial charge is 0.240 e. The first-order chi connectivity index (χ1) is 15.0. The predicted molar refractivity (Wildman–Crippen MR) is 119 cm³/mol. The highest BCUT2D eigenvalue weighted by Gasteiger charge is 2.14. The number of hydrogen-bond acceptors (Lipinski definition) is 5. The number of benzene rings is 2. The molecule has 0 bridgehead atoms. The van der Waals surface area contributed by atoms with Crippen molar-refractivity contribution in [2.45, 2.75) is 18.4 Å². The molecule has 31 heavy (non-hydrogen) atoms. The number of nitrogens with zero attached hydrogens (tertiary/aromatic N) is 2. The first kappa shape index (κ1) is 20.7. The number of aryl methyl sites for hydroxylation is 1. The molecule has 0 saturated heterocycles. The van der Waals surface area contributed by atoms with Crippen LogP contribution in [-0.4, -0.2) is 18.4 Å². The fraction of sp³-hybridized carbons (Fsp3) is 0.0833. The molecule has 156 valence electrons. The lowest BCUT2D eigenvalue weighted by Crippen LogP contribution is -2.23. The van der Waals surface area contributed by atoms with Gasteiger partial charge in [0.05, 0.1) is 10.6 Å². The number of ether oxygens (including phenoxy) is 1. The summed E-state index contributed by atoms with van der Waals surface area (Å²) in [5.41, 5.74) is 3.50. The van der Waals surface area contributed by atoms with Gasteiger partial charge in [-0.25, -0.2) is 13.1 Å². The van der Waals surface area contributed by atoms with Gasteiger partial charge in [-0.15, -0.1) is 0 Å². The minimum atomic E-state index is -3.67. The first-order valence-corrected chi connectivity index (χ1v) is 11.2. The lowest BCUT2D eigenvalue weighted by molar-refractivity contribution is 0.481. The standard InChI is InChI=1S/C24H21N3O3S/c1-18-4-2-6-22(14-18)30-21-7-9-23(10-8-21)31(28,29)27-16-19-11-13-26-24(15-19)20-5-3-12-25-17-20/h2-15,17,27H,16H2,1H3. The summed E-state index contributed by atoms with van der Waals surface area (Å²) >= 11 is 0. The maximum absolute atomic E-state index is 12.7. The summed E-state index contributed by atoms with van der Waals surface area (Å²) in [5.74, 6) is 1.27. The van der Waals surface area contributed by atoms with Crippen LogP contribution in [0.5, 0.6) is 11.5 Å².